The van der Waals surface area contributed by atoms with Crippen molar-refractivity contribution in [1.29, 1.82) is 0 Å². The van der Waals surface area contributed by atoms with Gasteiger partial charge in [0.25, 0.3) is 0 Å². The van der Waals surface area contributed by atoms with E-state index in [0.717, 1.165) is 24.1 Å². The van der Waals surface area contributed by atoms with Gasteiger partial charge in [-0.3, -0.25) is 5.32 Å². The largest absolute Gasteiger partial charge is 0.416 e. The van der Waals surface area contributed by atoms with Crippen molar-refractivity contribution in [3.63, 3.8) is 0 Å². The molecule has 1 aromatic carbocycles. The molecule has 1 aromatic rings. The average molecular weight is 245 g/mol. The Kier molecular flexibility index (Phi) is 3.40. The van der Waals surface area contributed by atoms with Crippen molar-refractivity contribution < 1.29 is 17.9 Å². The number of alkyl halides is 3. The van der Waals surface area contributed by atoms with Gasteiger partial charge in [-0.25, -0.2) is 0 Å². The minimum absolute atomic E-state index is 0.0577. The highest BCUT2D eigenvalue weighted by atomic mass is 19.4. The van der Waals surface area contributed by atoms with Gasteiger partial charge < -0.3 is 4.74 Å². The van der Waals surface area contributed by atoms with Gasteiger partial charge in [0.05, 0.1) is 11.7 Å². The van der Waals surface area contributed by atoms with Gasteiger partial charge in [-0.2, -0.15) is 13.2 Å². The molecule has 2 atom stereocenters. The van der Waals surface area contributed by atoms with E-state index in [1.54, 1.807) is 0 Å². The summed E-state index contributed by atoms with van der Waals surface area (Å²) >= 11 is 0. The lowest BCUT2D eigenvalue weighted by Crippen LogP contribution is -2.19. The van der Waals surface area contributed by atoms with Gasteiger partial charge in [0, 0.05) is 6.54 Å². The maximum atomic E-state index is 12.3. The van der Waals surface area contributed by atoms with Crippen LogP contribution >= 0.6 is 0 Å². The number of nitrogens with one attached hydrogen (secondary N) is 1. The number of benzene rings is 1. The normalized spacial score (nSPS) is 23.8. The van der Waals surface area contributed by atoms with E-state index in [9.17, 15) is 13.2 Å². The Morgan fingerprint density at radius 1 is 1.24 bits per heavy atom. The van der Waals surface area contributed by atoms with E-state index >= 15 is 0 Å². The summed E-state index contributed by atoms with van der Waals surface area (Å²) in [5, 5.41) is 3.13. The SMILES string of the molecule is CCC1OC1NCc1ccc(C(F)(F)F)cc1. The summed E-state index contributed by atoms with van der Waals surface area (Å²) in [4.78, 5) is 0. The van der Waals surface area contributed by atoms with Gasteiger partial charge in [-0.1, -0.05) is 19.1 Å². The number of hydrogen-bond acceptors (Lipinski definition) is 2. The summed E-state index contributed by atoms with van der Waals surface area (Å²) in [6, 6.07) is 5.17. The van der Waals surface area contributed by atoms with Crippen LogP contribution in [0.5, 0.6) is 0 Å². The molecule has 17 heavy (non-hydrogen) atoms. The lowest BCUT2D eigenvalue weighted by atomic mass is 10.1. The molecule has 0 amide bonds. The van der Waals surface area contributed by atoms with Crippen LogP contribution in [0.3, 0.4) is 0 Å². The van der Waals surface area contributed by atoms with Crippen LogP contribution < -0.4 is 5.32 Å². The molecule has 2 rings (SSSR count). The van der Waals surface area contributed by atoms with Crippen molar-refractivity contribution in [2.45, 2.75) is 38.4 Å². The summed E-state index contributed by atoms with van der Waals surface area (Å²) in [5.41, 5.74) is 0.207. The highest BCUT2D eigenvalue weighted by molar-refractivity contribution is 5.24. The first-order chi connectivity index (χ1) is 8.00. The van der Waals surface area contributed by atoms with Gasteiger partial charge in [0.2, 0.25) is 0 Å². The van der Waals surface area contributed by atoms with E-state index in [1.165, 1.54) is 12.1 Å². The zero-order valence-electron chi connectivity index (χ0n) is 9.42. The fraction of sp³-hybridized carbons (Fsp3) is 0.500. The predicted molar refractivity (Wildman–Crippen MR) is 57.2 cm³/mol. The van der Waals surface area contributed by atoms with Crippen molar-refractivity contribution in [3.8, 4) is 0 Å². The molecule has 1 aliphatic heterocycles. The number of ether oxygens (including phenoxy) is 1. The second-order valence-electron chi connectivity index (χ2n) is 4.08. The first kappa shape index (κ1) is 12.4. The van der Waals surface area contributed by atoms with Crippen LogP contribution in [0.2, 0.25) is 0 Å². The summed E-state index contributed by atoms with van der Waals surface area (Å²) in [5.74, 6) is 0. The predicted octanol–water partition coefficient (Wildman–Crippen LogP) is 2.93. The van der Waals surface area contributed by atoms with Crippen molar-refractivity contribution in [2.75, 3.05) is 0 Å². The van der Waals surface area contributed by atoms with Gasteiger partial charge in [-0.15, -0.1) is 0 Å². The third-order valence-electron chi connectivity index (χ3n) is 2.77. The molecule has 1 saturated heterocycles. The molecule has 1 heterocycles. The zero-order valence-corrected chi connectivity index (χ0v) is 9.42. The molecule has 1 aliphatic rings. The molecule has 0 aromatic heterocycles. The molecule has 5 heteroatoms. The first-order valence-electron chi connectivity index (χ1n) is 5.55. The standard InChI is InChI=1S/C12H14F3NO/c1-2-10-11(17-10)16-7-8-3-5-9(6-4-8)12(13,14)15/h3-6,10-11,16H,2,7H2,1H3. The van der Waals surface area contributed by atoms with Crippen LogP contribution in [0.4, 0.5) is 13.2 Å². The Bertz CT molecular complexity index is 374. The molecule has 1 fully saturated rings. The summed E-state index contributed by atoms with van der Waals surface area (Å²) in [7, 11) is 0. The highest BCUT2D eigenvalue weighted by Crippen LogP contribution is 2.29. The molecule has 2 unspecified atom stereocenters. The maximum Gasteiger partial charge on any atom is 0.416 e. The summed E-state index contributed by atoms with van der Waals surface area (Å²) < 4.78 is 42.2. The molecule has 0 saturated carbocycles. The van der Waals surface area contributed by atoms with Gasteiger partial charge in [0.1, 0.15) is 6.23 Å². The molecule has 0 bridgehead atoms. The molecule has 0 radical (unpaired) electrons. The Hall–Kier alpha value is -1.07. The topological polar surface area (TPSA) is 24.6 Å². The number of rotatable bonds is 4. The van der Waals surface area contributed by atoms with Crippen LogP contribution in [-0.2, 0) is 17.5 Å². The Morgan fingerprint density at radius 3 is 2.35 bits per heavy atom. The molecule has 1 N–H and O–H groups in total. The van der Waals surface area contributed by atoms with E-state index in [4.69, 9.17) is 4.74 Å². The third kappa shape index (κ3) is 3.20. The lowest BCUT2D eigenvalue weighted by Gasteiger charge is -2.07. The first-order valence-corrected chi connectivity index (χ1v) is 5.55. The van der Waals surface area contributed by atoms with Crippen molar-refractivity contribution >= 4 is 0 Å². The van der Waals surface area contributed by atoms with Crippen LogP contribution in [-0.4, -0.2) is 12.3 Å². The van der Waals surface area contributed by atoms with Crippen LogP contribution in [0.15, 0.2) is 24.3 Å². The molecule has 0 spiro atoms. The number of epoxide rings is 1. The molecular weight excluding hydrogens is 231 g/mol. The zero-order chi connectivity index (χ0) is 12.5. The van der Waals surface area contributed by atoms with E-state index in [2.05, 4.69) is 5.32 Å². The number of hydrogen-bond donors (Lipinski definition) is 1. The quantitative estimate of drug-likeness (QED) is 0.825. The fourth-order valence-corrected chi connectivity index (χ4v) is 1.66. The lowest BCUT2D eigenvalue weighted by molar-refractivity contribution is -0.137. The van der Waals surface area contributed by atoms with Crippen LogP contribution in [0.1, 0.15) is 24.5 Å². The summed E-state index contributed by atoms with van der Waals surface area (Å²) in [6.45, 7) is 2.56. The third-order valence-corrected chi connectivity index (χ3v) is 2.77. The van der Waals surface area contributed by atoms with E-state index in [1.807, 2.05) is 6.92 Å². The maximum absolute atomic E-state index is 12.3. The van der Waals surface area contributed by atoms with Crippen LogP contribution in [0.25, 0.3) is 0 Å². The molecule has 0 aliphatic carbocycles. The van der Waals surface area contributed by atoms with E-state index in [0.29, 0.717) is 6.54 Å². The molecule has 94 valence electrons. The van der Waals surface area contributed by atoms with Gasteiger partial charge >= 0.3 is 6.18 Å². The van der Waals surface area contributed by atoms with Crippen LogP contribution in [0, 0.1) is 0 Å². The Balaban J connectivity index is 1.86. The van der Waals surface area contributed by atoms with Gasteiger partial charge in [-0.05, 0) is 24.1 Å². The Morgan fingerprint density at radius 2 is 1.88 bits per heavy atom. The highest BCUT2D eigenvalue weighted by Gasteiger charge is 2.36. The molecular formula is C12H14F3NO. The minimum atomic E-state index is -4.27. The minimum Gasteiger partial charge on any atom is -0.353 e. The summed E-state index contributed by atoms with van der Waals surface area (Å²) in [6.07, 6.45) is -3.00. The van der Waals surface area contributed by atoms with Gasteiger partial charge in [0.15, 0.2) is 0 Å². The van der Waals surface area contributed by atoms with E-state index < -0.39 is 11.7 Å². The monoisotopic (exact) mass is 245 g/mol. The van der Waals surface area contributed by atoms with E-state index in [-0.39, 0.29) is 12.3 Å². The average Bonchev–Trinajstić information content (AvgIpc) is 3.04. The smallest absolute Gasteiger partial charge is 0.353 e. The Labute approximate surface area is 97.8 Å². The van der Waals surface area contributed by atoms with Crippen molar-refractivity contribution in [1.82, 2.24) is 5.32 Å². The van der Waals surface area contributed by atoms with Crippen molar-refractivity contribution in [3.05, 3.63) is 35.4 Å². The number of halogens is 3. The van der Waals surface area contributed by atoms with Crippen molar-refractivity contribution in [2.24, 2.45) is 0 Å². The molecule has 2 nitrogen and oxygen atoms in total. The second kappa shape index (κ2) is 4.66. The second-order valence-corrected chi connectivity index (χ2v) is 4.08. The fourth-order valence-electron chi connectivity index (χ4n) is 1.66.